The Hall–Kier alpha value is -2.49. The predicted octanol–water partition coefficient (Wildman–Crippen LogP) is 3.41. The van der Waals surface area contributed by atoms with Gasteiger partial charge in [-0.05, 0) is 58.4 Å². The van der Waals surface area contributed by atoms with Crippen LogP contribution < -0.4 is 0 Å². The minimum Gasteiger partial charge on any atom is -0.239 e. The summed E-state index contributed by atoms with van der Waals surface area (Å²) in [4.78, 5) is 0. The molecule has 1 aliphatic carbocycles. The third-order valence-corrected chi connectivity index (χ3v) is 4.21. The van der Waals surface area contributed by atoms with Crippen molar-refractivity contribution in [3.63, 3.8) is 0 Å². The molecule has 1 N–H and O–H groups in total. The Morgan fingerprint density at radius 3 is 2.48 bits per heavy atom. The van der Waals surface area contributed by atoms with Crippen LogP contribution >= 0.6 is 0 Å². The highest BCUT2D eigenvalue weighted by atomic mass is 15.5. The van der Waals surface area contributed by atoms with Crippen molar-refractivity contribution in [3.8, 4) is 22.5 Å². The lowest BCUT2D eigenvalue weighted by Crippen LogP contribution is -2.04. The number of nitrogens with one attached hydrogen (secondary N) is 1. The molecule has 0 atom stereocenters. The number of rotatable bonds is 2. The third-order valence-electron chi connectivity index (χ3n) is 4.21. The monoisotopic (exact) mass is 276 g/mol. The van der Waals surface area contributed by atoms with E-state index in [4.69, 9.17) is 0 Å². The quantitative estimate of drug-likeness (QED) is 0.780. The number of aromatic nitrogens is 4. The number of aromatic amines is 1. The highest BCUT2D eigenvalue weighted by Crippen LogP contribution is 2.32. The second-order valence-corrected chi connectivity index (χ2v) is 5.48. The van der Waals surface area contributed by atoms with Crippen molar-refractivity contribution >= 4 is 0 Å². The first-order chi connectivity index (χ1) is 10.4. The van der Waals surface area contributed by atoms with Crippen LogP contribution in [-0.4, -0.2) is 20.6 Å². The molecule has 21 heavy (non-hydrogen) atoms. The molecule has 0 radical (unpaired) electrons. The SMILES string of the molecule is c1cc2c(c(-c3ccc(-c4nnn[nH]4)cc3)c1)CCCC2. The predicted molar refractivity (Wildman–Crippen MR) is 81.7 cm³/mol. The Bertz CT molecular complexity index is 745. The summed E-state index contributed by atoms with van der Waals surface area (Å²) in [6.45, 7) is 0. The molecule has 3 aromatic rings. The van der Waals surface area contributed by atoms with Crippen molar-refractivity contribution in [1.82, 2.24) is 20.6 Å². The lowest BCUT2D eigenvalue weighted by atomic mass is 9.86. The van der Waals surface area contributed by atoms with Gasteiger partial charge in [-0.25, -0.2) is 5.10 Å². The van der Waals surface area contributed by atoms with E-state index in [1.54, 1.807) is 0 Å². The number of benzene rings is 2. The number of hydrogen-bond acceptors (Lipinski definition) is 3. The molecule has 0 spiro atoms. The lowest BCUT2D eigenvalue weighted by Gasteiger charge is -2.19. The van der Waals surface area contributed by atoms with E-state index < -0.39 is 0 Å². The molecule has 0 saturated carbocycles. The van der Waals surface area contributed by atoms with Crippen LogP contribution in [0.25, 0.3) is 22.5 Å². The summed E-state index contributed by atoms with van der Waals surface area (Å²) in [5.74, 6) is 0.705. The van der Waals surface area contributed by atoms with E-state index >= 15 is 0 Å². The van der Waals surface area contributed by atoms with Crippen molar-refractivity contribution < 1.29 is 0 Å². The molecule has 2 aromatic carbocycles. The lowest BCUT2D eigenvalue weighted by molar-refractivity contribution is 0.687. The summed E-state index contributed by atoms with van der Waals surface area (Å²) in [5, 5.41) is 14.0. The fourth-order valence-electron chi connectivity index (χ4n) is 3.14. The normalized spacial score (nSPS) is 13.9. The molecule has 4 nitrogen and oxygen atoms in total. The van der Waals surface area contributed by atoms with E-state index in [1.807, 2.05) is 0 Å². The van der Waals surface area contributed by atoms with Crippen LogP contribution in [0, 0.1) is 0 Å². The van der Waals surface area contributed by atoms with Gasteiger partial charge in [0, 0.05) is 5.56 Å². The van der Waals surface area contributed by atoms with Crippen LogP contribution in [0.3, 0.4) is 0 Å². The average Bonchev–Trinajstić information content (AvgIpc) is 3.09. The second kappa shape index (κ2) is 5.13. The van der Waals surface area contributed by atoms with Gasteiger partial charge in [0.25, 0.3) is 0 Å². The highest BCUT2D eigenvalue weighted by Gasteiger charge is 2.14. The van der Waals surface area contributed by atoms with Gasteiger partial charge >= 0.3 is 0 Å². The Labute approximate surface area is 123 Å². The summed E-state index contributed by atoms with van der Waals surface area (Å²) in [6, 6.07) is 15.1. The number of aryl methyl sites for hydroxylation is 1. The summed E-state index contributed by atoms with van der Waals surface area (Å²) in [7, 11) is 0. The number of tetrazole rings is 1. The van der Waals surface area contributed by atoms with E-state index in [-0.39, 0.29) is 0 Å². The summed E-state index contributed by atoms with van der Waals surface area (Å²) in [6.07, 6.45) is 5.02. The Balaban J connectivity index is 1.74. The number of H-pyrrole nitrogens is 1. The zero-order valence-electron chi connectivity index (χ0n) is 11.7. The molecule has 0 fully saturated rings. The highest BCUT2D eigenvalue weighted by molar-refractivity contribution is 5.71. The molecule has 0 saturated heterocycles. The molecule has 0 bridgehead atoms. The first-order valence-electron chi connectivity index (χ1n) is 7.37. The molecule has 1 aromatic heterocycles. The maximum Gasteiger partial charge on any atom is 0.179 e. The van der Waals surface area contributed by atoms with Crippen LogP contribution in [0.1, 0.15) is 24.0 Å². The first-order valence-corrected chi connectivity index (χ1v) is 7.37. The second-order valence-electron chi connectivity index (χ2n) is 5.48. The fourth-order valence-corrected chi connectivity index (χ4v) is 3.14. The number of hydrogen-bond donors (Lipinski definition) is 1. The van der Waals surface area contributed by atoms with E-state index in [0.717, 1.165) is 5.56 Å². The molecular weight excluding hydrogens is 260 g/mol. The zero-order chi connectivity index (χ0) is 14.1. The summed E-state index contributed by atoms with van der Waals surface area (Å²) in [5.41, 5.74) is 6.69. The van der Waals surface area contributed by atoms with Gasteiger partial charge in [-0.1, -0.05) is 42.5 Å². The molecule has 1 aliphatic rings. The number of nitrogens with zero attached hydrogens (tertiary/aromatic N) is 3. The van der Waals surface area contributed by atoms with Crippen molar-refractivity contribution in [2.45, 2.75) is 25.7 Å². The van der Waals surface area contributed by atoms with Crippen LogP contribution in [-0.2, 0) is 12.8 Å². The zero-order valence-corrected chi connectivity index (χ0v) is 11.7. The molecule has 0 unspecified atom stereocenters. The maximum atomic E-state index is 3.94. The summed E-state index contributed by atoms with van der Waals surface area (Å²) < 4.78 is 0. The average molecular weight is 276 g/mol. The van der Waals surface area contributed by atoms with E-state index in [9.17, 15) is 0 Å². The standard InChI is InChI=1S/C17H16N4/c1-2-6-15-12(4-1)5-3-7-16(15)13-8-10-14(11-9-13)17-18-20-21-19-17/h3,5,7-11H,1-2,4,6H2,(H,18,19,20,21). The summed E-state index contributed by atoms with van der Waals surface area (Å²) >= 11 is 0. The fraction of sp³-hybridized carbons (Fsp3) is 0.235. The molecule has 4 heteroatoms. The van der Waals surface area contributed by atoms with Crippen molar-refractivity contribution in [2.75, 3.05) is 0 Å². The van der Waals surface area contributed by atoms with Gasteiger partial charge in [0.15, 0.2) is 5.82 Å². The molecule has 0 aliphatic heterocycles. The van der Waals surface area contributed by atoms with E-state index in [0.29, 0.717) is 5.82 Å². The third kappa shape index (κ3) is 2.23. The topological polar surface area (TPSA) is 54.5 Å². The van der Waals surface area contributed by atoms with Gasteiger partial charge < -0.3 is 0 Å². The van der Waals surface area contributed by atoms with Crippen LogP contribution in [0.5, 0.6) is 0 Å². The maximum absolute atomic E-state index is 3.94. The Kier molecular flexibility index (Phi) is 2.99. The van der Waals surface area contributed by atoms with Gasteiger partial charge in [-0.2, -0.15) is 0 Å². The van der Waals surface area contributed by atoms with Crippen LogP contribution in [0.2, 0.25) is 0 Å². The van der Waals surface area contributed by atoms with Gasteiger partial charge in [-0.3, -0.25) is 0 Å². The van der Waals surface area contributed by atoms with Gasteiger partial charge in [-0.15, -0.1) is 5.10 Å². The number of fused-ring (bicyclic) bond motifs is 1. The molecule has 0 amide bonds. The van der Waals surface area contributed by atoms with E-state index in [1.165, 1.54) is 47.9 Å². The van der Waals surface area contributed by atoms with Gasteiger partial charge in [0.2, 0.25) is 0 Å². The van der Waals surface area contributed by atoms with Crippen molar-refractivity contribution in [1.29, 1.82) is 0 Å². The van der Waals surface area contributed by atoms with Crippen LogP contribution in [0.4, 0.5) is 0 Å². The molecular formula is C17H16N4. The Morgan fingerprint density at radius 1 is 0.857 bits per heavy atom. The first kappa shape index (κ1) is 12.3. The van der Waals surface area contributed by atoms with E-state index in [2.05, 4.69) is 63.1 Å². The molecule has 104 valence electrons. The minimum absolute atomic E-state index is 0.705. The minimum atomic E-state index is 0.705. The van der Waals surface area contributed by atoms with Crippen molar-refractivity contribution in [3.05, 3.63) is 53.6 Å². The molecule has 1 heterocycles. The molecule has 4 rings (SSSR count). The van der Waals surface area contributed by atoms with Crippen molar-refractivity contribution in [2.24, 2.45) is 0 Å². The van der Waals surface area contributed by atoms with Gasteiger partial charge in [0.05, 0.1) is 0 Å². The smallest absolute Gasteiger partial charge is 0.179 e. The Morgan fingerprint density at radius 2 is 1.67 bits per heavy atom. The van der Waals surface area contributed by atoms with Crippen LogP contribution in [0.15, 0.2) is 42.5 Å². The van der Waals surface area contributed by atoms with Gasteiger partial charge in [0.1, 0.15) is 0 Å². The largest absolute Gasteiger partial charge is 0.239 e.